The number of benzene rings is 1. The number of nitrogens with two attached hydrogens (primary N) is 1. The number of ether oxygens (including phenoxy) is 4. The van der Waals surface area contributed by atoms with Crippen LogP contribution in [0.4, 0.5) is 4.79 Å². The van der Waals surface area contributed by atoms with E-state index in [4.69, 9.17) is 30.1 Å². The van der Waals surface area contributed by atoms with Crippen molar-refractivity contribution in [3.05, 3.63) is 34.6 Å². The minimum Gasteiger partial charge on any atom is -0.491 e. The van der Waals surface area contributed by atoms with Gasteiger partial charge in [0.15, 0.2) is 11.1 Å². The molecule has 33 heavy (non-hydrogen) atoms. The van der Waals surface area contributed by atoms with Crippen LogP contribution in [0.5, 0.6) is 5.75 Å². The molecule has 0 fully saturated rings. The molecule has 0 aliphatic carbocycles. The number of hydrogen-bond donors (Lipinski definition) is 3. The van der Waals surface area contributed by atoms with Gasteiger partial charge in [-0.05, 0) is 32.9 Å². The topological polar surface area (TPSA) is 138 Å². The predicted molar refractivity (Wildman–Crippen MR) is 125 cm³/mol. The maximum atomic E-state index is 11.8. The third-order valence-corrected chi connectivity index (χ3v) is 5.35. The van der Waals surface area contributed by atoms with Gasteiger partial charge in [-0.3, -0.25) is 10.2 Å². The standard InChI is InChI=1S/C22H32N4O6S/c1-22(2,3)32-21(28)25-9-6-7-10-26-18-15(31-11-8-17(29-4)30-5)12-14(19(23)27)13-16(18)33-20(26)24/h6-7,12-13,17,24H,8-11H2,1-5H3,(H2,23,27)(H,25,28)/b7-6+,24-20?. The predicted octanol–water partition coefficient (Wildman–Crippen LogP) is 2.75. The summed E-state index contributed by atoms with van der Waals surface area (Å²) >= 11 is 1.22. The normalized spacial score (nSPS) is 11.9. The lowest BCUT2D eigenvalue weighted by Gasteiger charge is -2.19. The zero-order valence-corrected chi connectivity index (χ0v) is 20.4. The Labute approximate surface area is 196 Å². The van der Waals surface area contributed by atoms with Crippen LogP contribution in [0, 0.1) is 5.41 Å². The number of nitrogens with one attached hydrogen (secondary N) is 2. The number of amides is 2. The Hall–Kier alpha value is -2.89. The van der Waals surface area contributed by atoms with Gasteiger partial charge in [0.1, 0.15) is 16.9 Å². The van der Waals surface area contributed by atoms with Gasteiger partial charge in [0.25, 0.3) is 0 Å². The van der Waals surface area contributed by atoms with Crippen molar-refractivity contribution in [2.75, 3.05) is 27.4 Å². The molecule has 0 bridgehead atoms. The van der Waals surface area contributed by atoms with Gasteiger partial charge in [-0.15, -0.1) is 0 Å². The molecule has 182 valence electrons. The molecule has 0 radical (unpaired) electrons. The molecule has 0 aliphatic rings. The number of thiazole rings is 1. The summed E-state index contributed by atoms with van der Waals surface area (Å²) in [6, 6.07) is 3.24. The van der Waals surface area contributed by atoms with E-state index < -0.39 is 23.9 Å². The minimum absolute atomic E-state index is 0.280. The minimum atomic E-state index is -0.576. The van der Waals surface area contributed by atoms with Crippen LogP contribution in [0.1, 0.15) is 37.6 Å². The maximum Gasteiger partial charge on any atom is 0.407 e. The number of primary amides is 1. The second kappa shape index (κ2) is 11.8. The number of aromatic nitrogens is 1. The van der Waals surface area contributed by atoms with Gasteiger partial charge >= 0.3 is 6.09 Å². The average Bonchev–Trinajstić information content (AvgIpc) is 3.04. The lowest BCUT2D eigenvalue weighted by Crippen LogP contribution is -2.32. The van der Waals surface area contributed by atoms with E-state index in [-0.39, 0.29) is 18.0 Å². The number of rotatable bonds is 11. The second-order valence-electron chi connectivity index (χ2n) is 8.10. The Morgan fingerprint density at radius 3 is 2.55 bits per heavy atom. The third-order valence-electron chi connectivity index (χ3n) is 4.40. The number of methoxy groups -OCH3 is 2. The van der Waals surface area contributed by atoms with Crippen molar-refractivity contribution >= 4 is 33.6 Å². The summed E-state index contributed by atoms with van der Waals surface area (Å²) in [5, 5.41) is 11.0. The smallest absolute Gasteiger partial charge is 0.407 e. The van der Waals surface area contributed by atoms with Crippen LogP contribution in [0.15, 0.2) is 24.3 Å². The zero-order chi connectivity index (χ0) is 24.6. The van der Waals surface area contributed by atoms with Gasteiger partial charge < -0.3 is 34.6 Å². The average molecular weight is 481 g/mol. The van der Waals surface area contributed by atoms with Crippen LogP contribution in [-0.2, 0) is 20.8 Å². The zero-order valence-electron chi connectivity index (χ0n) is 19.6. The van der Waals surface area contributed by atoms with Crippen molar-refractivity contribution in [3.8, 4) is 5.75 Å². The second-order valence-corrected chi connectivity index (χ2v) is 9.13. The van der Waals surface area contributed by atoms with E-state index in [1.807, 2.05) is 6.08 Å². The van der Waals surface area contributed by atoms with E-state index in [2.05, 4.69) is 5.32 Å². The van der Waals surface area contributed by atoms with Gasteiger partial charge in [0.2, 0.25) is 5.91 Å². The van der Waals surface area contributed by atoms with Gasteiger partial charge in [0.05, 0.1) is 11.3 Å². The van der Waals surface area contributed by atoms with Crippen molar-refractivity contribution in [1.82, 2.24) is 9.88 Å². The van der Waals surface area contributed by atoms with Crippen LogP contribution in [0.3, 0.4) is 0 Å². The number of fused-ring (bicyclic) bond motifs is 1. The van der Waals surface area contributed by atoms with E-state index in [1.54, 1.807) is 57.8 Å². The van der Waals surface area contributed by atoms with Crippen molar-refractivity contribution < 1.29 is 28.5 Å². The van der Waals surface area contributed by atoms with Crippen molar-refractivity contribution in [2.45, 2.75) is 45.6 Å². The molecule has 0 aliphatic heterocycles. The first-order valence-corrected chi connectivity index (χ1v) is 11.2. The van der Waals surface area contributed by atoms with Gasteiger partial charge in [0, 0.05) is 39.3 Å². The molecule has 11 heteroatoms. The summed E-state index contributed by atoms with van der Waals surface area (Å²) in [4.78, 5) is 23.8. The molecule has 2 amide bonds. The largest absolute Gasteiger partial charge is 0.491 e. The van der Waals surface area contributed by atoms with Crippen LogP contribution in [0.25, 0.3) is 10.2 Å². The summed E-state index contributed by atoms with van der Waals surface area (Å²) in [5.74, 6) is -0.129. The molecular weight excluding hydrogens is 448 g/mol. The summed E-state index contributed by atoms with van der Waals surface area (Å²) < 4.78 is 24.0. The first kappa shape index (κ1) is 26.4. The molecule has 1 heterocycles. The summed E-state index contributed by atoms with van der Waals surface area (Å²) in [7, 11) is 3.09. The molecule has 0 saturated carbocycles. The molecule has 1 aromatic heterocycles. The summed E-state index contributed by atoms with van der Waals surface area (Å²) in [6.45, 7) is 6.33. The highest BCUT2D eigenvalue weighted by molar-refractivity contribution is 7.16. The number of alkyl carbamates (subject to hydrolysis) is 1. The van der Waals surface area contributed by atoms with Crippen LogP contribution >= 0.6 is 11.3 Å². The Morgan fingerprint density at radius 1 is 1.24 bits per heavy atom. The Bertz CT molecular complexity index is 1050. The highest BCUT2D eigenvalue weighted by Crippen LogP contribution is 2.30. The highest BCUT2D eigenvalue weighted by Gasteiger charge is 2.17. The molecular formula is C22H32N4O6S. The highest BCUT2D eigenvalue weighted by atomic mass is 32.1. The molecule has 4 N–H and O–H groups in total. The lowest BCUT2D eigenvalue weighted by molar-refractivity contribution is -0.110. The number of allylic oxidation sites excluding steroid dienone is 1. The SMILES string of the molecule is COC(CCOc1cc(C(N)=O)cc2sc(=N)n(C/C=C/CNC(=O)OC(C)(C)C)c12)OC. The van der Waals surface area contributed by atoms with E-state index >= 15 is 0 Å². The van der Waals surface area contributed by atoms with E-state index in [1.165, 1.54) is 11.3 Å². The Morgan fingerprint density at radius 2 is 1.94 bits per heavy atom. The van der Waals surface area contributed by atoms with Crippen LogP contribution in [-0.4, -0.2) is 55.8 Å². The van der Waals surface area contributed by atoms with Crippen molar-refractivity contribution in [1.29, 1.82) is 5.41 Å². The van der Waals surface area contributed by atoms with Crippen LogP contribution < -0.4 is 20.6 Å². The molecule has 2 rings (SSSR count). The first-order valence-electron chi connectivity index (χ1n) is 10.4. The summed E-state index contributed by atoms with van der Waals surface area (Å²) in [6.07, 6.45) is 3.17. The molecule has 0 saturated heterocycles. The lowest BCUT2D eigenvalue weighted by atomic mass is 10.2. The molecule has 2 aromatic rings. The fourth-order valence-electron chi connectivity index (χ4n) is 2.93. The first-order chi connectivity index (χ1) is 15.6. The van der Waals surface area contributed by atoms with E-state index in [9.17, 15) is 9.59 Å². The maximum absolute atomic E-state index is 11.8. The van der Waals surface area contributed by atoms with Gasteiger partial charge in [-0.1, -0.05) is 23.5 Å². The molecule has 0 spiro atoms. The fraction of sp³-hybridized carbons (Fsp3) is 0.500. The molecule has 0 unspecified atom stereocenters. The Balaban J connectivity index is 2.19. The number of carbonyl (C=O) groups excluding carboxylic acids is 2. The molecule has 1 aromatic carbocycles. The van der Waals surface area contributed by atoms with Crippen molar-refractivity contribution in [3.63, 3.8) is 0 Å². The van der Waals surface area contributed by atoms with Gasteiger partial charge in [-0.25, -0.2) is 4.79 Å². The van der Waals surface area contributed by atoms with E-state index in [0.717, 1.165) is 0 Å². The number of hydrogen-bond acceptors (Lipinski definition) is 8. The number of nitrogens with zero attached hydrogens (tertiary/aromatic N) is 1. The molecule has 10 nitrogen and oxygen atoms in total. The van der Waals surface area contributed by atoms with Crippen molar-refractivity contribution in [2.24, 2.45) is 5.73 Å². The number of carbonyl (C=O) groups is 2. The monoisotopic (exact) mass is 480 g/mol. The third kappa shape index (κ3) is 7.88. The quantitative estimate of drug-likeness (QED) is 0.334. The van der Waals surface area contributed by atoms with Gasteiger partial charge in [-0.2, -0.15) is 0 Å². The van der Waals surface area contributed by atoms with E-state index in [0.29, 0.717) is 34.5 Å². The molecule has 0 atom stereocenters. The summed E-state index contributed by atoms with van der Waals surface area (Å²) in [5.41, 5.74) is 5.90. The fourth-order valence-corrected chi connectivity index (χ4v) is 3.91. The Kier molecular flexibility index (Phi) is 9.44. The van der Waals surface area contributed by atoms with Crippen LogP contribution in [0.2, 0.25) is 0 Å².